The van der Waals surface area contributed by atoms with Crippen molar-refractivity contribution in [2.45, 2.75) is 0 Å². The lowest BCUT2D eigenvalue weighted by Gasteiger charge is -2.13. The zero-order chi connectivity index (χ0) is 19.7. The molecule has 3 aromatic carbocycles. The highest BCUT2D eigenvalue weighted by molar-refractivity contribution is 6.16. The number of hydrogen-bond donors (Lipinski definition) is 0. The summed E-state index contributed by atoms with van der Waals surface area (Å²) >= 11 is 0. The van der Waals surface area contributed by atoms with Gasteiger partial charge in [0.1, 0.15) is 24.7 Å². The van der Waals surface area contributed by atoms with Gasteiger partial charge in [0.05, 0.1) is 0 Å². The molecular formula is C24H28N2O2. The van der Waals surface area contributed by atoms with Gasteiger partial charge in [0.15, 0.2) is 0 Å². The van der Waals surface area contributed by atoms with E-state index in [9.17, 15) is 0 Å². The van der Waals surface area contributed by atoms with Crippen LogP contribution in [0.1, 0.15) is 0 Å². The maximum Gasteiger partial charge on any atom is 0.127 e. The van der Waals surface area contributed by atoms with E-state index in [1.54, 1.807) is 0 Å². The molecule has 146 valence electrons. The van der Waals surface area contributed by atoms with Gasteiger partial charge in [-0.3, -0.25) is 0 Å². The van der Waals surface area contributed by atoms with Gasteiger partial charge in [-0.2, -0.15) is 0 Å². The minimum Gasteiger partial charge on any atom is -0.492 e. The predicted molar refractivity (Wildman–Crippen MR) is 116 cm³/mol. The van der Waals surface area contributed by atoms with Gasteiger partial charge in [-0.15, -0.1) is 0 Å². The summed E-state index contributed by atoms with van der Waals surface area (Å²) in [4.78, 5) is 4.26. The van der Waals surface area contributed by atoms with Gasteiger partial charge in [-0.05, 0) is 68.6 Å². The van der Waals surface area contributed by atoms with Gasteiger partial charge in [-0.1, -0.05) is 30.3 Å². The van der Waals surface area contributed by atoms with E-state index in [4.69, 9.17) is 9.47 Å². The Morgan fingerprint density at radius 2 is 1.36 bits per heavy atom. The molecule has 0 atom stereocenters. The monoisotopic (exact) mass is 376 g/mol. The lowest BCUT2D eigenvalue weighted by Crippen LogP contribution is -2.19. The van der Waals surface area contributed by atoms with Gasteiger partial charge in [0.2, 0.25) is 0 Å². The summed E-state index contributed by atoms with van der Waals surface area (Å²) in [5.74, 6) is 1.88. The summed E-state index contributed by atoms with van der Waals surface area (Å²) in [6.45, 7) is 3.17. The van der Waals surface area contributed by atoms with Crippen LogP contribution in [0.2, 0.25) is 0 Å². The topological polar surface area (TPSA) is 24.9 Å². The standard InChI is InChI=1S/C24H28N2O2/c1-25(2)12-14-27-17-8-9-18-19-6-5-7-21-23(28-15-13-26(3)4)11-10-20(24(19)21)22(18)16-17/h5-11,16H,12-15H2,1-4H3. The molecule has 0 amide bonds. The van der Waals surface area contributed by atoms with Crippen LogP contribution in [0.3, 0.4) is 0 Å². The highest BCUT2D eigenvalue weighted by Crippen LogP contribution is 2.50. The van der Waals surface area contributed by atoms with Crippen molar-refractivity contribution >= 4 is 10.8 Å². The molecule has 0 spiro atoms. The normalized spacial score (nSPS) is 12.1. The van der Waals surface area contributed by atoms with Crippen LogP contribution in [0.15, 0.2) is 48.5 Å². The Morgan fingerprint density at radius 1 is 0.679 bits per heavy atom. The van der Waals surface area contributed by atoms with E-state index >= 15 is 0 Å². The van der Waals surface area contributed by atoms with E-state index in [2.05, 4.69) is 86.5 Å². The second kappa shape index (κ2) is 7.82. The first-order valence-corrected chi connectivity index (χ1v) is 9.80. The van der Waals surface area contributed by atoms with Gasteiger partial charge in [0, 0.05) is 23.9 Å². The van der Waals surface area contributed by atoms with Gasteiger partial charge >= 0.3 is 0 Å². The predicted octanol–water partition coefficient (Wildman–Crippen LogP) is 4.37. The minimum atomic E-state index is 0.683. The number of hydrogen-bond acceptors (Lipinski definition) is 4. The molecule has 0 N–H and O–H groups in total. The second-order valence-electron chi connectivity index (χ2n) is 7.85. The molecule has 4 heteroatoms. The largest absolute Gasteiger partial charge is 0.492 e. The minimum absolute atomic E-state index is 0.683. The fourth-order valence-electron chi connectivity index (χ4n) is 3.71. The first-order valence-electron chi connectivity index (χ1n) is 9.80. The Hall–Kier alpha value is -2.56. The molecule has 1 aliphatic rings. The second-order valence-corrected chi connectivity index (χ2v) is 7.85. The van der Waals surface area contributed by atoms with Crippen molar-refractivity contribution in [1.29, 1.82) is 0 Å². The van der Waals surface area contributed by atoms with E-state index in [1.807, 2.05) is 0 Å². The zero-order valence-corrected chi connectivity index (χ0v) is 17.2. The third-order valence-electron chi connectivity index (χ3n) is 5.18. The molecule has 0 heterocycles. The molecule has 4 nitrogen and oxygen atoms in total. The molecule has 1 aliphatic carbocycles. The van der Waals surface area contributed by atoms with Crippen LogP contribution in [-0.2, 0) is 0 Å². The number of benzene rings is 3. The third kappa shape index (κ3) is 3.58. The van der Waals surface area contributed by atoms with E-state index in [0.717, 1.165) is 24.6 Å². The van der Waals surface area contributed by atoms with Crippen molar-refractivity contribution in [3.63, 3.8) is 0 Å². The summed E-state index contributed by atoms with van der Waals surface area (Å²) < 4.78 is 12.1. The Labute approximate surface area is 167 Å². The molecule has 0 aliphatic heterocycles. The van der Waals surface area contributed by atoms with Crippen molar-refractivity contribution in [3.05, 3.63) is 48.5 Å². The van der Waals surface area contributed by atoms with Crippen LogP contribution in [0.4, 0.5) is 0 Å². The van der Waals surface area contributed by atoms with Crippen LogP contribution in [0, 0.1) is 0 Å². The van der Waals surface area contributed by atoms with E-state index in [1.165, 1.54) is 33.0 Å². The lowest BCUT2D eigenvalue weighted by molar-refractivity contribution is 0.261. The van der Waals surface area contributed by atoms with Crippen molar-refractivity contribution in [2.24, 2.45) is 0 Å². The van der Waals surface area contributed by atoms with E-state index < -0.39 is 0 Å². The van der Waals surface area contributed by atoms with Crippen molar-refractivity contribution in [2.75, 3.05) is 54.5 Å². The quantitative estimate of drug-likeness (QED) is 0.456. The van der Waals surface area contributed by atoms with Crippen molar-refractivity contribution in [3.8, 4) is 33.8 Å². The summed E-state index contributed by atoms with van der Waals surface area (Å²) in [6, 6.07) is 17.2. The van der Waals surface area contributed by atoms with Crippen molar-refractivity contribution in [1.82, 2.24) is 9.80 Å². The zero-order valence-electron chi connectivity index (χ0n) is 17.2. The fourth-order valence-corrected chi connectivity index (χ4v) is 3.71. The molecule has 3 aromatic rings. The van der Waals surface area contributed by atoms with Gasteiger partial charge < -0.3 is 19.3 Å². The number of likely N-dealkylation sites (N-methyl/N-ethyl adjacent to an activating group) is 2. The lowest BCUT2D eigenvalue weighted by atomic mass is 10.0. The molecule has 0 saturated heterocycles. The Kier molecular flexibility index (Phi) is 5.25. The Morgan fingerprint density at radius 3 is 2.11 bits per heavy atom. The number of nitrogens with zero attached hydrogens (tertiary/aromatic N) is 2. The smallest absolute Gasteiger partial charge is 0.127 e. The molecular weight excluding hydrogens is 348 g/mol. The van der Waals surface area contributed by atoms with Gasteiger partial charge in [-0.25, -0.2) is 0 Å². The van der Waals surface area contributed by atoms with E-state index in [0.29, 0.717) is 13.2 Å². The van der Waals surface area contributed by atoms with Crippen LogP contribution in [-0.4, -0.2) is 64.3 Å². The third-order valence-corrected chi connectivity index (χ3v) is 5.18. The van der Waals surface area contributed by atoms with Crippen LogP contribution >= 0.6 is 0 Å². The molecule has 0 aromatic heterocycles. The first-order chi connectivity index (χ1) is 13.5. The Balaban J connectivity index is 1.67. The molecule has 0 saturated carbocycles. The van der Waals surface area contributed by atoms with Crippen molar-refractivity contribution < 1.29 is 9.47 Å². The average Bonchev–Trinajstić information content (AvgIpc) is 2.98. The molecule has 0 fully saturated rings. The summed E-state index contributed by atoms with van der Waals surface area (Å²) in [5, 5.41) is 2.46. The molecule has 0 bridgehead atoms. The van der Waals surface area contributed by atoms with Crippen LogP contribution in [0.5, 0.6) is 11.5 Å². The Bertz CT molecular complexity index is 995. The summed E-state index contributed by atoms with van der Waals surface area (Å²) in [7, 11) is 8.24. The number of fused-ring (bicyclic) bond motifs is 3. The highest BCUT2D eigenvalue weighted by atomic mass is 16.5. The van der Waals surface area contributed by atoms with Crippen LogP contribution < -0.4 is 9.47 Å². The average molecular weight is 377 g/mol. The number of ether oxygens (including phenoxy) is 2. The SMILES string of the molecule is CN(C)CCOc1ccc2c(c1)-c1ccc(OCCN(C)C)c3cccc-2c13. The molecule has 0 unspecified atom stereocenters. The highest BCUT2D eigenvalue weighted by Gasteiger charge is 2.23. The maximum absolute atomic E-state index is 6.09. The fraction of sp³-hybridized carbons (Fsp3) is 0.333. The summed E-state index contributed by atoms with van der Waals surface area (Å²) in [5.41, 5.74) is 5.05. The van der Waals surface area contributed by atoms with Gasteiger partial charge in [0.25, 0.3) is 0 Å². The first kappa shape index (κ1) is 18.8. The summed E-state index contributed by atoms with van der Waals surface area (Å²) in [6.07, 6.45) is 0. The molecule has 28 heavy (non-hydrogen) atoms. The van der Waals surface area contributed by atoms with Crippen LogP contribution in [0.25, 0.3) is 33.0 Å². The number of rotatable bonds is 8. The molecule has 0 radical (unpaired) electrons. The molecule has 4 rings (SSSR count). The maximum atomic E-state index is 6.09. The van der Waals surface area contributed by atoms with E-state index in [-0.39, 0.29) is 0 Å².